The molecule has 106 valence electrons. The van der Waals surface area contributed by atoms with Crippen LogP contribution in [-0.4, -0.2) is 12.1 Å². The van der Waals surface area contributed by atoms with Gasteiger partial charge < -0.3 is 10.1 Å². The second-order valence-electron chi connectivity index (χ2n) is 4.46. The van der Waals surface area contributed by atoms with Gasteiger partial charge in [0.2, 0.25) is 0 Å². The Labute approximate surface area is 136 Å². The molecule has 1 aromatic heterocycles. The van der Waals surface area contributed by atoms with Gasteiger partial charge in [0.1, 0.15) is 5.75 Å². The van der Waals surface area contributed by atoms with E-state index in [-0.39, 0.29) is 6.04 Å². The Balaban J connectivity index is 1.98. The Morgan fingerprint density at radius 3 is 2.55 bits per heavy atom. The summed E-state index contributed by atoms with van der Waals surface area (Å²) < 4.78 is 7.13. The Morgan fingerprint density at radius 2 is 1.95 bits per heavy atom. The molecule has 0 aliphatic rings. The van der Waals surface area contributed by atoms with Crippen LogP contribution in [0.25, 0.3) is 0 Å². The quantitative estimate of drug-likeness (QED) is 0.805. The molecule has 20 heavy (non-hydrogen) atoms. The molecule has 1 atom stereocenters. The van der Waals surface area contributed by atoms with E-state index < -0.39 is 0 Å². The van der Waals surface area contributed by atoms with Crippen molar-refractivity contribution < 1.29 is 4.74 Å². The number of rotatable bonds is 5. The van der Waals surface area contributed by atoms with Crippen LogP contribution in [0.2, 0.25) is 0 Å². The van der Waals surface area contributed by atoms with E-state index in [0.717, 1.165) is 20.4 Å². The predicted molar refractivity (Wildman–Crippen MR) is 87.9 cm³/mol. The number of aromatic nitrogens is 1. The van der Waals surface area contributed by atoms with Crippen LogP contribution in [0.3, 0.4) is 0 Å². The minimum absolute atomic E-state index is 0.248. The third-order valence-electron chi connectivity index (χ3n) is 3.08. The van der Waals surface area contributed by atoms with Crippen LogP contribution in [-0.2, 0) is 6.54 Å². The summed E-state index contributed by atoms with van der Waals surface area (Å²) in [6.45, 7) is 2.84. The van der Waals surface area contributed by atoms with Gasteiger partial charge in [-0.1, -0.05) is 12.1 Å². The lowest BCUT2D eigenvalue weighted by Gasteiger charge is -2.15. The first kappa shape index (κ1) is 15.5. The van der Waals surface area contributed by atoms with Gasteiger partial charge in [-0.2, -0.15) is 0 Å². The van der Waals surface area contributed by atoms with Crippen LogP contribution in [0.1, 0.15) is 24.2 Å². The summed E-state index contributed by atoms with van der Waals surface area (Å²) in [6.07, 6.45) is 1.81. The van der Waals surface area contributed by atoms with Gasteiger partial charge in [0.25, 0.3) is 0 Å². The lowest BCUT2D eigenvalue weighted by atomic mass is 10.1. The largest absolute Gasteiger partial charge is 0.497 e. The first-order chi connectivity index (χ1) is 9.60. The minimum atomic E-state index is 0.248. The van der Waals surface area contributed by atoms with E-state index in [4.69, 9.17) is 4.74 Å². The van der Waals surface area contributed by atoms with Gasteiger partial charge in [0.15, 0.2) is 0 Å². The third kappa shape index (κ3) is 4.04. The van der Waals surface area contributed by atoms with E-state index in [0.29, 0.717) is 6.54 Å². The minimum Gasteiger partial charge on any atom is -0.497 e. The molecule has 0 saturated heterocycles. The first-order valence-corrected chi connectivity index (χ1v) is 7.86. The molecule has 0 unspecified atom stereocenters. The number of pyridine rings is 1. The normalized spacial score (nSPS) is 12.2. The molecule has 0 fully saturated rings. The zero-order valence-electron chi connectivity index (χ0n) is 11.4. The van der Waals surface area contributed by atoms with Crippen molar-refractivity contribution in [1.82, 2.24) is 10.3 Å². The van der Waals surface area contributed by atoms with E-state index in [1.54, 1.807) is 13.3 Å². The second kappa shape index (κ2) is 7.20. The van der Waals surface area contributed by atoms with Gasteiger partial charge in [0, 0.05) is 27.7 Å². The van der Waals surface area contributed by atoms with Crippen molar-refractivity contribution in [2.24, 2.45) is 0 Å². The maximum atomic E-state index is 5.16. The molecule has 3 nitrogen and oxygen atoms in total. The van der Waals surface area contributed by atoms with Crippen molar-refractivity contribution in [2.75, 3.05) is 7.11 Å². The Kier molecular flexibility index (Phi) is 5.57. The number of hydrogen-bond donors (Lipinski definition) is 1. The summed E-state index contributed by atoms with van der Waals surface area (Å²) in [5.74, 6) is 0.873. The number of nitrogens with zero attached hydrogens (tertiary/aromatic N) is 1. The van der Waals surface area contributed by atoms with Gasteiger partial charge in [-0.3, -0.25) is 4.98 Å². The smallest absolute Gasteiger partial charge is 0.118 e. The van der Waals surface area contributed by atoms with Gasteiger partial charge in [0.05, 0.1) is 12.8 Å². The predicted octanol–water partition coefficient (Wildman–Crippen LogP) is 4.47. The average Bonchev–Trinajstić information content (AvgIpc) is 2.46. The van der Waals surface area contributed by atoms with Crippen LogP contribution in [0.15, 0.2) is 45.5 Å². The van der Waals surface area contributed by atoms with Crippen LogP contribution in [0.5, 0.6) is 5.75 Å². The van der Waals surface area contributed by atoms with Crippen molar-refractivity contribution in [3.05, 3.63) is 56.7 Å². The summed E-state index contributed by atoms with van der Waals surface area (Å²) in [7, 11) is 1.67. The fourth-order valence-corrected chi connectivity index (χ4v) is 2.96. The lowest BCUT2D eigenvalue weighted by Crippen LogP contribution is -2.19. The Bertz CT molecular complexity index is 573. The van der Waals surface area contributed by atoms with Crippen molar-refractivity contribution in [1.29, 1.82) is 0 Å². The fraction of sp³-hybridized carbons (Fsp3) is 0.267. The maximum Gasteiger partial charge on any atom is 0.118 e. The molecule has 1 aromatic carbocycles. The maximum absolute atomic E-state index is 5.16. The summed E-state index contributed by atoms with van der Waals surface area (Å²) in [6, 6.07) is 10.3. The number of hydrogen-bond acceptors (Lipinski definition) is 3. The standard InChI is InChI=1S/C15H16Br2N2O/c1-10(11-3-5-13(20-2)6-4-11)18-9-15-14(17)7-12(16)8-19-15/h3-8,10,18H,9H2,1-2H3/t10-/m1/s1. The number of nitrogens with one attached hydrogen (secondary N) is 1. The highest BCUT2D eigenvalue weighted by molar-refractivity contribution is 9.11. The van der Waals surface area contributed by atoms with E-state index in [1.165, 1.54) is 5.56 Å². The van der Waals surface area contributed by atoms with Crippen LogP contribution >= 0.6 is 31.9 Å². The summed E-state index contributed by atoms with van der Waals surface area (Å²) >= 11 is 6.93. The summed E-state index contributed by atoms with van der Waals surface area (Å²) in [5, 5.41) is 3.46. The zero-order valence-corrected chi connectivity index (χ0v) is 14.5. The van der Waals surface area contributed by atoms with Crippen LogP contribution in [0.4, 0.5) is 0 Å². The number of halogens is 2. The van der Waals surface area contributed by atoms with E-state index >= 15 is 0 Å². The average molecular weight is 400 g/mol. The topological polar surface area (TPSA) is 34.1 Å². The number of methoxy groups -OCH3 is 1. The second-order valence-corrected chi connectivity index (χ2v) is 6.23. The van der Waals surface area contributed by atoms with Gasteiger partial charge in [-0.25, -0.2) is 0 Å². The molecule has 0 bridgehead atoms. The molecule has 2 aromatic rings. The van der Waals surface area contributed by atoms with E-state index in [1.807, 2.05) is 18.2 Å². The summed E-state index contributed by atoms with van der Waals surface area (Å²) in [5.41, 5.74) is 2.22. The molecule has 0 aliphatic carbocycles. The van der Waals surface area contributed by atoms with Crippen LogP contribution < -0.4 is 10.1 Å². The molecule has 1 heterocycles. The van der Waals surface area contributed by atoms with Crippen molar-refractivity contribution in [2.45, 2.75) is 19.5 Å². The molecule has 0 amide bonds. The monoisotopic (exact) mass is 398 g/mol. The van der Waals surface area contributed by atoms with E-state index in [9.17, 15) is 0 Å². The molecule has 0 radical (unpaired) electrons. The first-order valence-electron chi connectivity index (χ1n) is 6.27. The highest BCUT2D eigenvalue weighted by Crippen LogP contribution is 2.21. The molecular formula is C15H16Br2N2O. The molecule has 0 aliphatic heterocycles. The zero-order chi connectivity index (χ0) is 14.5. The van der Waals surface area contributed by atoms with Crippen molar-refractivity contribution in [3.63, 3.8) is 0 Å². The van der Waals surface area contributed by atoms with Gasteiger partial charge >= 0.3 is 0 Å². The molecular weight excluding hydrogens is 384 g/mol. The Hall–Kier alpha value is -0.910. The molecule has 2 rings (SSSR count). The number of ether oxygens (including phenoxy) is 1. The lowest BCUT2D eigenvalue weighted by molar-refractivity contribution is 0.414. The van der Waals surface area contributed by atoms with Crippen molar-refractivity contribution in [3.8, 4) is 5.75 Å². The fourth-order valence-electron chi connectivity index (χ4n) is 1.83. The third-order valence-corrected chi connectivity index (χ3v) is 4.20. The highest BCUT2D eigenvalue weighted by atomic mass is 79.9. The molecule has 0 saturated carbocycles. The molecule has 5 heteroatoms. The van der Waals surface area contributed by atoms with Crippen molar-refractivity contribution >= 4 is 31.9 Å². The van der Waals surface area contributed by atoms with Crippen LogP contribution in [0, 0.1) is 0 Å². The SMILES string of the molecule is COc1ccc([C@@H](C)NCc2ncc(Br)cc2Br)cc1. The Morgan fingerprint density at radius 1 is 1.25 bits per heavy atom. The molecule has 0 spiro atoms. The summed E-state index contributed by atoms with van der Waals surface area (Å²) in [4.78, 5) is 4.39. The number of benzene rings is 1. The van der Waals surface area contributed by atoms with Gasteiger partial charge in [-0.05, 0) is 62.5 Å². The molecule has 1 N–H and O–H groups in total. The van der Waals surface area contributed by atoms with E-state index in [2.05, 4.69) is 61.2 Å². The van der Waals surface area contributed by atoms with Gasteiger partial charge in [-0.15, -0.1) is 0 Å². The highest BCUT2D eigenvalue weighted by Gasteiger charge is 2.07.